The molecule has 2 nitrogen and oxygen atoms in total. The number of rotatable bonds is 2. The molecule has 1 aliphatic rings. The van der Waals surface area contributed by atoms with Gasteiger partial charge in [-0.3, -0.25) is 0 Å². The lowest BCUT2D eigenvalue weighted by Crippen LogP contribution is -2.28. The van der Waals surface area contributed by atoms with Gasteiger partial charge in [-0.15, -0.1) is 0 Å². The SMILES string of the molecule is C[C@@H]1Cc2ccccc2N1Cc1cc(Cl)nc(Cl)c1. The van der Waals surface area contributed by atoms with Gasteiger partial charge in [0, 0.05) is 18.3 Å². The number of pyridine rings is 1. The van der Waals surface area contributed by atoms with Crippen molar-refractivity contribution < 1.29 is 0 Å². The van der Waals surface area contributed by atoms with Crippen LogP contribution in [0.4, 0.5) is 5.69 Å². The summed E-state index contributed by atoms with van der Waals surface area (Å²) in [5.41, 5.74) is 3.80. The first-order chi connectivity index (χ1) is 9.13. The zero-order chi connectivity index (χ0) is 13.4. The average Bonchev–Trinajstić information content (AvgIpc) is 2.65. The van der Waals surface area contributed by atoms with Gasteiger partial charge in [-0.05, 0) is 42.7 Å². The number of hydrogen-bond donors (Lipinski definition) is 0. The first kappa shape index (κ1) is 12.8. The van der Waals surface area contributed by atoms with Gasteiger partial charge in [-0.25, -0.2) is 4.98 Å². The summed E-state index contributed by atoms with van der Waals surface area (Å²) in [6.45, 7) is 3.05. The zero-order valence-corrected chi connectivity index (χ0v) is 12.1. The molecule has 19 heavy (non-hydrogen) atoms. The summed E-state index contributed by atoms with van der Waals surface area (Å²) in [6.07, 6.45) is 1.09. The van der Waals surface area contributed by atoms with E-state index in [2.05, 4.69) is 41.1 Å². The first-order valence-corrected chi connectivity index (χ1v) is 7.05. The summed E-state index contributed by atoms with van der Waals surface area (Å²) in [5.74, 6) is 0. The standard InChI is InChI=1S/C15H14Cl2N2/c1-10-6-12-4-2-3-5-13(12)19(10)9-11-7-14(16)18-15(17)8-11/h2-5,7-8,10H,6,9H2,1H3/t10-/m1/s1. The van der Waals surface area contributed by atoms with Gasteiger partial charge < -0.3 is 4.90 Å². The molecule has 0 amide bonds. The molecule has 1 aliphatic heterocycles. The predicted octanol–water partition coefficient (Wildman–Crippen LogP) is 4.34. The molecule has 0 spiro atoms. The van der Waals surface area contributed by atoms with Gasteiger partial charge in [0.1, 0.15) is 10.3 Å². The smallest absolute Gasteiger partial charge is 0.131 e. The Kier molecular flexibility index (Phi) is 3.38. The maximum atomic E-state index is 5.96. The van der Waals surface area contributed by atoms with Crippen molar-refractivity contribution in [2.75, 3.05) is 4.90 Å². The molecule has 1 aromatic carbocycles. The van der Waals surface area contributed by atoms with Crippen LogP contribution < -0.4 is 4.90 Å². The molecule has 1 aromatic heterocycles. The van der Waals surface area contributed by atoms with Crippen molar-refractivity contribution >= 4 is 28.9 Å². The number of hydrogen-bond acceptors (Lipinski definition) is 2. The van der Waals surface area contributed by atoms with Crippen molar-refractivity contribution in [1.82, 2.24) is 4.98 Å². The van der Waals surface area contributed by atoms with Crippen molar-refractivity contribution in [1.29, 1.82) is 0 Å². The average molecular weight is 293 g/mol. The van der Waals surface area contributed by atoms with Crippen LogP contribution in [0.25, 0.3) is 0 Å². The molecule has 0 fully saturated rings. The number of halogens is 2. The minimum Gasteiger partial charge on any atom is -0.364 e. The van der Waals surface area contributed by atoms with Crippen LogP contribution >= 0.6 is 23.2 Å². The van der Waals surface area contributed by atoms with Crippen LogP contribution in [0, 0.1) is 0 Å². The highest BCUT2D eigenvalue weighted by Crippen LogP contribution is 2.33. The topological polar surface area (TPSA) is 16.1 Å². The Hall–Kier alpha value is -1.25. The van der Waals surface area contributed by atoms with Gasteiger partial charge in [-0.1, -0.05) is 41.4 Å². The number of anilines is 1. The molecule has 2 heterocycles. The molecular weight excluding hydrogens is 279 g/mol. The van der Waals surface area contributed by atoms with Gasteiger partial charge in [-0.2, -0.15) is 0 Å². The summed E-state index contributed by atoms with van der Waals surface area (Å²) >= 11 is 11.9. The Morgan fingerprint density at radius 2 is 1.89 bits per heavy atom. The fourth-order valence-electron chi connectivity index (χ4n) is 2.67. The third kappa shape index (κ3) is 2.56. The quantitative estimate of drug-likeness (QED) is 0.766. The third-order valence-corrected chi connectivity index (χ3v) is 3.91. The highest BCUT2D eigenvalue weighted by atomic mass is 35.5. The Balaban J connectivity index is 1.91. The molecule has 0 aliphatic carbocycles. The molecule has 2 aromatic rings. The molecule has 1 atom stereocenters. The Bertz CT molecular complexity index is 593. The van der Waals surface area contributed by atoms with Crippen LogP contribution in [0.1, 0.15) is 18.1 Å². The summed E-state index contributed by atoms with van der Waals surface area (Å²) < 4.78 is 0. The van der Waals surface area contributed by atoms with Crippen molar-refractivity contribution in [3.05, 3.63) is 57.8 Å². The first-order valence-electron chi connectivity index (χ1n) is 6.30. The summed E-state index contributed by atoms with van der Waals surface area (Å²) in [4.78, 5) is 6.37. The van der Waals surface area contributed by atoms with Crippen LogP contribution in [0.3, 0.4) is 0 Å². The van der Waals surface area contributed by atoms with E-state index in [4.69, 9.17) is 23.2 Å². The second-order valence-corrected chi connectivity index (χ2v) is 5.71. The van der Waals surface area contributed by atoms with E-state index in [1.165, 1.54) is 11.3 Å². The Morgan fingerprint density at radius 3 is 2.63 bits per heavy atom. The number of nitrogens with zero attached hydrogens (tertiary/aromatic N) is 2. The monoisotopic (exact) mass is 292 g/mol. The van der Waals surface area contributed by atoms with E-state index in [0.717, 1.165) is 18.5 Å². The number of benzene rings is 1. The van der Waals surface area contributed by atoms with Gasteiger partial charge in [0.15, 0.2) is 0 Å². The van der Waals surface area contributed by atoms with Gasteiger partial charge in [0.25, 0.3) is 0 Å². The summed E-state index contributed by atoms with van der Waals surface area (Å²) in [5, 5.41) is 0.894. The maximum Gasteiger partial charge on any atom is 0.131 e. The minimum atomic E-state index is 0.447. The molecule has 0 bridgehead atoms. The lowest BCUT2D eigenvalue weighted by molar-refractivity contribution is 0.672. The van der Waals surface area contributed by atoms with E-state index in [1.807, 2.05) is 12.1 Å². The molecule has 0 saturated carbocycles. The molecular formula is C15H14Cl2N2. The largest absolute Gasteiger partial charge is 0.364 e. The normalized spacial score (nSPS) is 17.6. The van der Waals surface area contributed by atoms with E-state index >= 15 is 0 Å². The Labute approximate surface area is 123 Å². The Morgan fingerprint density at radius 1 is 1.21 bits per heavy atom. The van der Waals surface area contributed by atoms with Crippen LogP contribution in [0.2, 0.25) is 10.3 Å². The van der Waals surface area contributed by atoms with E-state index in [-0.39, 0.29) is 0 Å². The maximum absolute atomic E-state index is 5.96. The van der Waals surface area contributed by atoms with Gasteiger partial charge in [0.2, 0.25) is 0 Å². The van der Waals surface area contributed by atoms with Crippen LogP contribution in [0.5, 0.6) is 0 Å². The molecule has 4 heteroatoms. The molecule has 3 rings (SSSR count). The van der Waals surface area contributed by atoms with Crippen molar-refractivity contribution in [2.24, 2.45) is 0 Å². The second kappa shape index (κ2) is 5.03. The molecule has 0 N–H and O–H groups in total. The summed E-state index contributed by atoms with van der Waals surface area (Å²) in [6, 6.07) is 12.8. The zero-order valence-electron chi connectivity index (χ0n) is 10.6. The molecule has 0 saturated heterocycles. The van der Waals surface area contributed by atoms with Crippen LogP contribution in [0.15, 0.2) is 36.4 Å². The van der Waals surface area contributed by atoms with Gasteiger partial charge in [0.05, 0.1) is 0 Å². The number of fused-ring (bicyclic) bond motifs is 1. The number of para-hydroxylation sites is 1. The number of aromatic nitrogens is 1. The van der Waals surface area contributed by atoms with Crippen molar-refractivity contribution in [3.63, 3.8) is 0 Å². The third-order valence-electron chi connectivity index (χ3n) is 3.52. The lowest BCUT2D eigenvalue weighted by Gasteiger charge is -2.25. The fraction of sp³-hybridized carbons (Fsp3) is 0.267. The van der Waals surface area contributed by atoms with Crippen LogP contribution in [-0.4, -0.2) is 11.0 Å². The van der Waals surface area contributed by atoms with Crippen molar-refractivity contribution in [2.45, 2.75) is 25.9 Å². The molecule has 98 valence electrons. The molecule has 0 unspecified atom stereocenters. The highest BCUT2D eigenvalue weighted by molar-refractivity contribution is 6.32. The van der Waals surface area contributed by atoms with E-state index in [0.29, 0.717) is 16.3 Å². The van der Waals surface area contributed by atoms with E-state index in [9.17, 15) is 0 Å². The lowest BCUT2D eigenvalue weighted by atomic mass is 10.1. The van der Waals surface area contributed by atoms with Gasteiger partial charge >= 0.3 is 0 Å². The summed E-state index contributed by atoms with van der Waals surface area (Å²) in [7, 11) is 0. The van der Waals surface area contributed by atoms with E-state index in [1.54, 1.807) is 0 Å². The molecule has 0 radical (unpaired) electrons. The minimum absolute atomic E-state index is 0.447. The highest BCUT2D eigenvalue weighted by Gasteiger charge is 2.25. The second-order valence-electron chi connectivity index (χ2n) is 4.93. The van der Waals surface area contributed by atoms with Crippen LogP contribution in [-0.2, 0) is 13.0 Å². The fourth-order valence-corrected chi connectivity index (χ4v) is 3.18. The van der Waals surface area contributed by atoms with E-state index < -0.39 is 0 Å². The predicted molar refractivity (Wildman–Crippen MR) is 80.0 cm³/mol. The van der Waals surface area contributed by atoms with Crippen molar-refractivity contribution in [3.8, 4) is 0 Å².